The van der Waals surface area contributed by atoms with Gasteiger partial charge in [0.2, 0.25) is 0 Å². The monoisotopic (exact) mass is 398 g/mol. The number of rotatable bonds is 3. The minimum absolute atomic E-state index is 0.0967. The molecule has 2 fully saturated rings. The molecule has 2 saturated carbocycles. The van der Waals surface area contributed by atoms with E-state index in [1.807, 2.05) is 6.07 Å². The van der Waals surface area contributed by atoms with Gasteiger partial charge < -0.3 is 5.11 Å². The second kappa shape index (κ2) is 7.24. The van der Waals surface area contributed by atoms with Gasteiger partial charge in [-0.2, -0.15) is 0 Å². The number of allylic oxidation sites excluding steroid dienone is 1. The van der Waals surface area contributed by atoms with E-state index in [2.05, 4.69) is 81.1 Å². The molecule has 6 unspecified atom stereocenters. The fourth-order valence-electron chi connectivity index (χ4n) is 7.24. The van der Waals surface area contributed by atoms with Crippen LogP contribution in [0.3, 0.4) is 0 Å². The van der Waals surface area contributed by atoms with Crippen molar-refractivity contribution in [3.8, 4) is 0 Å². The van der Waals surface area contributed by atoms with Crippen LogP contribution in [0.4, 0.5) is 0 Å². The van der Waals surface area contributed by atoms with Crippen molar-refractivity contribution in [3.05, 3.63) is 89.5 Å². The fraction of sp³-hybridized carbons (Fsp3) is 0.448. The molecule has 1 nitrogen and oxygen atoms in total. The minimum atomic E-state index is -0.743. The number of benzene rings is 2. The van der Waals surface area contributed by atoms with Crippen LogP contribution in [-0.4, -0.2) is 10.7 Å². The van der Waals surface area contributed by atoms with Gasteiger partial charge >= 0.3 is 0 Å². The van der Waals surface area contributed by atoms with Crippen molar-refractivity contribution >= 4 is 6.08 Å². The summed E-state index contributed by atoms with van der Waals surface area (Å²) in [6.07, 6.45) is 11.9. The zero-order valence-electron chi connectivity index (χ0n) is 18.4. The van der Waals surface area contributed by atoms with Crippen LogP contribution in [0.15, 0.2) is 67.3 Å². The van der Waals surface area contributed by atoms with Crippen LogP contribution < -0.4 is 0 Å². The second-order valence-corrected chi connectivity index (χ2v) is 10.3. The lowest BCUT2D eigenvalue weighted by molar-refractivity contribution is -0.0821. The van der Waals surface area contributed by atoms with Gasteiger partial charge in [-0.3, -0.25) is 0 Å². The molecule has 1 heteroatoms. The Morgan fingerprint density at radius 1 is 1.10 bits per heavy atom. The molecule has 2 aromatic rings. The Kier molecular flexibility index (Phi) is 4.78. The summed E-state index contributed by atoms with van der Waals surface area (Å²) < 4.78 is 0. The maximum atomic E-state index is 11.9. The zero-order valence-corrected chi connectivity index (χ0v) is 18.4. The molecule has 0 bridgehead atoms. The van der Waals surface area contributed by atoms with Gasteiger partial charge in [0.1, 0.15) is 0 Å². The SMILES string of the molecule is C=CC1CC2(C)C(CCC2(O)/C=C/c2ccccc2)C2CCc3cc(C)ccc3C12. The highest BCUT2D eigenvalue weighted by Crippen LogP contribution is 2.66. The van der Waals surface area contributed by atoms with Crippen molar-refractivity contribution in [2.45, 2.75) is 57.5 Å². The largest absolute Gasteiger partial charge is 0.385 e. The molecule has 30 heavy (non-hydrogen) atoms. The Hall–Kier alpha value is -2.12. The Labute approximate surface area is 181 Å². The third-order valence-electron chi connectivity index (χ3n) is 8.80. The summed E-state index contributed by atoms with van der Waals surface area (Å²) in [5.74, 6) is 2.19. The standard InChI is InChI=1S/C29H34O/c1-4-22-19-28(3)26(15-17-29(28,30)16-14-21-8-6-5-7-9-21)25-13-11-23-18-20(2)10-12-24(23)27(22)25/h4-10,12,14,16,18,22,25-27,30H,1,11,13,15,17,19H2,2-3H3/b16-14+. The van der Waals surface area contributed by atoms with Gasteiger partial charge in [0.25, 0.3) is 0 Å². The molecule has 0 heterocycles. The normalized spacial score (nSPS) is 37.4. The van der Waals surface area contributed by atoms with Gasteiger partial charge in [-0.1, -0.05) is 79.2 Å². The molecule has 5 rings (SSSR count). The van der Waals surface area contributed by atoms with Crippen LogP contribution in [0.1, 0.15) is 60.8 Å². The van der Waals surface area contributed by atoms with E-state index >= 15 is 0 Å². The summed E-state index contributed by atoms with van der Waals surface area (Å²) in [5, 5.41) is 11.9. The Balaban J connectivity index is 1.51. The molecule has 3 aliphatic carbocycles. The van der Waals surface area contributed by atoms with Crippen molar-refractivity contribution in [3.63, 3.8) is 0 Å². The summed E-state index contributed by atoms with van der Waals surface area (Å²) in [7, 11) is 0. The molecule has 0 saturated heterocycles. The average Bonchev–Trinajstić information content (AvgIpc) is 3.03. The molecule has 6 atom stereocenters. The van der Waals surface area contributed by atoms with Crippen molar-refractivity contribution in [1.29, 1.82) is 0 Å². The summed E-state index contributed by atoms with van der Waals surface area (Å²) in [6, 6.07) is 17.4. The number of aliphatic hydroxyl groups is 1. The molecule has 0 radical (unpaired) electrons. The van der Waals surface area contributed by atoms with Crippen molar-refractivity contribution in [2.75, 3.05) is 0 Å². The van der Waals surface area contributed by atoms with Gasteiger partial charge in [-0.25, -0.2) is 0 Å². The van der Waals surface area contributed by atoms with E-state index in [9.17, 15) is 5.11 Å². The van der Waals surface area contributed by atoms with E-state index < -0.39 is 5.60 Å². The number of hydrogen-bond acceptors (Lipinski definition) is 1. The third-order valence-corrected chi connectivity index (χ3v) is 8.80. The zero-order chi connectivity index (χ0) is 20.9. The fourth-order valence-corrected chi connectivity index (χ4v) is 7.24. The van der Waals surface area contributed by atoms with E-state index in [1.54, 1.807) is 11.1 Å². The van der Waals surface area contributed by atoms with E-state index in [1.165, 1.54) is 18.4 Å². The summed E-state index contributed by atoms with van der Waals surface area (Å²) in [6.45, 7) is 8.81. The number of hydrogen-bond donors (Lipinski definition) is 1. The first kappa shape index (κ1) is 19.8. The van der Waals surface area contributed by atoms with Gasteiger partial charge in [0.15, 0.2) is 0 Å². The van der Waals surface area contributed by atoms with Gasteiger partial charge in [-0.15, -0.1) is 6.58 Å². The highest BCUT2D eigenvalue weighted by molar-refractivity contribution is 5.51. The molecule has 3 aliphatic rings. The molecule has 0 spiro atoms. The van der Waals surface area contributed by atoms with E-state index in [4.69, 9.17) is 0 Å². The Morgan fingerprint density at radius 3 is 2.67 bits per heavy atom. The third kappa shape index (κ3) is 2.94. The van der Waals surface area contributed by atoms with E-state index in [0.717, 1.165) is 24.8 Å². The quantitative estimate of drug-likeness (QED) is 0.570. The molecular weight excluding hydrogens is 364 g/mol. The first-order valence-corrected chi connectivity index (χ1v) is 11.6. The van der Waals surface area contributed by atoms with Gasteiger partial charge in [0, 0.05) is 5.41 Å². The predicted octanol–water partition coefficient (Wildman–Crippen LogP) is 6.71. The first-order chi connectivity index (χ1) is 14.4. The summed E-state index contributed by atoms with van der Waals surface area (Å²) >= 11 is 0. The lowest BCUT2D eigenvalue weighted by Gasteiger charge is -2.55. The van der Waals surface area contributed by atoms with E-state index in [0.29, 0.717) is 23.7 Å². The predicted molar refractivity (Wildman–Crippen MR) is 125 cm³/mol. The average molecular weight is 399 g/mol. The van der Waals surface area contributed by atoms with Gasteiger partial charge in [0.05, 0.1) is 5.60 Å². The summed E-state index contributed by atoms with van der Waals surface area (Å²) in [4.78, 5) is 0. The lowest BCUT2D eigenvalue weighted by Crippen LogP contribution is -2.52. The van der Waals surface area contributed by atoms with Crippen LogP contribution in [0.5, 0.6) is 0 Å². The van der Waals surface area contributed by atoms with Crippen molar-refractivity contribution < 1.29 is 5.11 Å². The molecule has 156 valence electrons. The Bertz CT molecular complexity index is 973. The van der Waals surface area contributed by atoms with Gasteiger partial charge in [-0.05, 0) is 79.4 Å². The maximum Gasteiger partial charge on any atom is 0.0887 e. The lowest BCUT2D eigenvalue weighted by atomic mass is 9.50. The number of aryl methyl sites for hydroxylation is 2. The molecule has 1 N–H and O–H groups in total. The molecular formula is C29H34O. The Morgan fingerprint density at radius 2 is 1.90 bits per heavy atom. The van der Waals surface area contributed by atoms with Crippen LogP contribution >= 0.6 is 0 Å². The number of fused-ring (bicyclic) bond motifs is 5. The molecule has 0 aliphatic heterocycles. The van der Waals surface area contributed by atoms with Crippen molar-refractivity contribution in [1.82, 2.24) is 0 Å². The maximum absolute atomic E-state index is 11.9. The van der Waals surface area contributed by atoms with Crippen LogP contribution in [-0.2, 0) is 6.42 Å². The van der Waals surface area contributed by atoms with Crippen molar-refractivity contribution in [2.24, 2.45) is 23.2 Å². The first-order valence-electron chi connectivity index (χ1n) is 11.6. The highest BCUT2D eigenvalue weighted by atomic mass is 16.3. The highest BCUT2D eigenvalue weighted by Gasteiger charge is 2.62. The van der Waals surface area contributed by atoms with Crippen LogP contribution in [0, 0.1) is 30.1 Å². The smallest absolute Gasteiger partial charge is 0.0887 e. The minimum Gasteiger partial charge on any atom is -0.385 e. The van der Waals surface area contributed by atoms with E-state index in [-0.39, 0.29) is 5.41 Å². The summed E-state index contributed by atoms with van der Waals surface area (Å²) in [5.41, 5.74) is 4.79. The topological polar surface area (TPSA) is 20.2 Å². The second-order valence-electron chi connectivity index (χ2n) is 10.3. The molecule has 0 aromatic heterocycles. The molecule has 2 aromatic carbocycles. The van der Waals surface area contributed by atoms with Crippen LogP contribution in [0.25, 0.3) is 6.08 Å². The van der Waals surface area contributed by atoms with Crippen LogP contribution in [0.2, 0.25) is 0 Å². The molecule has 0 amide bonds.